The number of aryl methyl sites for hydroxylation is 2. The average Bonchev–Trinajstić information content (AvgIpc) is 3.04. The molecule has 1 aromatic heterocycles. The van der Waals surface area contributed by atoms with E-state index in [2.05, 4.69) is 48.4 Å². The van der Waals surface area contributed by atoms with Crippen LogP contribution in [0.5, 0.6) is 0 Å². The smallest absolute Gasteiger partial charge is 0.233 e. The van der Waals surface area contributed by atoms with Crippen LogP contribution in [-0.4, -0.2) is 39.3 Å². The third-order valence-electron chi connectivity index (χ3n) is 4.61. The molecule has 1 N–H and O–H groups in total. The molecule has 134 valence electrons. The fourth-order valence-corrected chi connectivity index (χ4v) is 4.59. The number of nitrogens with one attached hydrogen (secondary N) is 1. The van der Waals surface area contributed by atoms with E-state index in [9.17, 15) is 4.79 Å². The van der Waals surface area contributed by atoms with Gasteiger partial charge in [0.05, 0.1) is 5.75 Å². The van der Waals surface area contributed by atoms with Crippen LogP contribution >= 0.6 is 23.1 Å². The molecule has 0 spiro atoms. The van der Waals surface area contributed by atoms with E-state index in [4.69, 9.17) is 0 Å². The van der Waals surface area contributed by atoms with E-state index in [1.165, 1.54) is 40.6 Å². The van der Waals surface area contributed by atoms with Crippen LogP contribution in [-0.2, 0) is 4.79 Å². The van der Waals surface area contributed by atoms with Gasteiger partial charge in [0.2, 0.25) is 11.0 Å². The van der Waals surface area contributed by atoms with Crippen molar-refractivity contribution in [3.8, 4) is 0 Å². The van der Waals surface area contributed by atoms with Crippen LogP contribution in [0.4, 0.5) is 10.8 Å². The van der Waals surface area contributed by atoms with Gasteiger partial charge in [-0.1, -0.05) is 29.2 Å². The summed E-state index contributed by atoms with van der Waals surface area (Å²) in [5.41, 5.74) is 3.52. The molecule has 1 aliphatic heterocycles. The van der Waals surface area contributed by atoms with Crippen molar-refractivity contribution in [3.63, 3.8) is 0 Å². The Balaban J connectivity index is 1.54. The highest BCUT2D eigenvalue weighted by Crippen LogP contribution is 2.29. The lowest BCUT2D eigenvalue weighted by atomic mass is 10.0. The number of hydrogen-bond donors (Lipinski definition) is 1. The second-order valence-corrected chi connectivity index (χ2v) is 8.72. The molecule has 0 saturated carbocycles. The number of benzene rings is 1. The predicted octanol–water partition coefficient (Wildman–Crippen LogP) is 4.39. The van der Waals surface area contributed by atoms with Crippen molar-refractivity contribution in [1.29, 1.82) is 0 Å². The zero-order valence-corrected chi connectivity index (χ0v) is 16.5. The largest absolute Gasteiger partial charge is 0.339 e. The van der Waals surface area contributed by atoms with Crippen LogP contribution in [0.2, 0.25) is 0 Å². The Bertz CT molecular complexity index is 746. The van der Waals surface area contributed by atoms with Crippen LogP contribution in [0, 0.1) is 13.8 Å². The fourth-order valence-electron chi connectivity index (χ4n) is 2.94. The Labute approximate surface area is 157 Å². The van der Waals surface area contributed by atoms with Gasteiger partial charge in [-0.3, -0.25) is 4.79 Å². The Morgan fingerprint density at radius 1 is 1.32 bits per heavy atom. The standard InChI is InChI=1S/C18H24N4OS2/c1-12-7-8-15(10-13(12)2)19-17-20-21-18(25-17)24-11-16(23)22-9-5-4-6-14(22)3/h7-8,10,14H,4-6,9,11H2,1-3H3,(H,19,20)/t14-/m1/s1. The van der Waals surface area contributed by atoms with Crippen LogP contribution in [0.1, 0.15) is 37.3 Å². The molecule has 1 fully saturated rings. The summed E-state index contributed by atoms with van der Waals surface area (Å²) in [6.07, 6.45) is 3.45. The molecule has 0 radical (unpaired) electrons. The quantitative estimate of drug-likeness (QED) is 0.784. The van der Waals surface area contributed by atoms with E-state index in [0.29, 0.717) is 11.8 Å². The van der Waals surface area contributed by atoms with Crippen molar-refractivity contribution in [1.82, 2.24) is 15.1 Å². The van der Waals surface area contributed by atoms with Gasteiger partial charge in [0.1, 0.15) is 0 Å². The van der Waals surface area contributed by atoms with Gasteiger partial charge in [0.25, 0.3) is 0 Å². The number of nitrogens with zero attached hydrogens (tertiary/aromatic N) is 3. The van der Waals surface area contributed by atoms with Gasteiger partial charge in [-0.15, -0.1) is 10.2 Å². The SMILES string of the molecule is Cc1ccc(Nc2nnc(SCC(=O)N3CCCC[C@H]3C)s2)cc1C. The maximum absolute atomic E-state index is 12.4. The van der Waals surface area contributed by atoms with E-state index < -0.39 is 0 Å². The molecule has 3 rings (SSSR count). The lowest BCUT2D eigenvalue weighted by Crippen LogP contribution is -2.42. The summed E-state index contributed by atoms with van der Waals surface area (Å²) in [4.78, 5) is 14.4. The van der Waals surface area contributed by atoms with Gasteiger partial charge >= 0.3 is 0 Å². The van der Waals surface area contributed by atoms with Crippen LogP contribution in [0.25, 0.3) is 0 Å². The molecule has 2 heterocycles. The lowest BCUT2D eigenvalue weighted by molar-refractivity contribution is -0.131. The molecule has 0 aliphatic carbocycles. The first-order chi connectivity index (χ1) is 12.0. The molecule has 7 heteroatoms. The van der Waals surface area contributed by atoms with E-state index in [1.807, 2.05) is 11.0 Å². The average molecular weight is 377 g/mol. The van der Waals surface area contributed by atoms with Gasteiger partial charge in [-0.05, 0) is 63.3 Å². The van der Waals surface area contributed by atoms with E-state index >= 15 is 0 Å². The molecule has 1 atom stereocenters. The maximum atomic E-state index is 12.4. The fraction of sp³-hybridized carbons (Fsp3) is 0.500. The number of hydrogen-bond acceptors (Lipinski definition) is 6. The summed E-state index contributed by atoms with van der Waals surface area (Å²) in [5, 5.41) is 12.4. The number of piperidine rings is 1. The number of carbonyl (C=O) groups excluding carboxylic acids is 1. The Kier molecular flexibility index (Phi) is 5.96. The molecule has 5 nitrogen and oxygen atoms in total. The Morgan fingerprint density at radius 2 is 2.16 bits per heavy atom. The summed E-state index contributed by atoms with van der Waals surface area (Å²) in [5.74, 6) is 0.638. The minimum atomic E-state index is 0.205. The number of thioether (sulfide) groups is 1. The molecular formula is C18H24N4OS2. The third kappa shape index (κ3) is 4.73. The van der Waals surface area contributed by atoms with Crippen LogP contribution in [0.3, 0.4) is 0 Å². The number of carbonyl (C=O) groups is 1. The van der Waals surface area contributed by atoms with Crippen molar-refractivity contribution in [2.24, 2.45) is 0 Å². The van der Waals surface area contributed by atoms with Crippen molar-refractivity contribution in [2.45, 2.75) is 50.4 Å². The molecule has 1 aliphatic rings. The van der Waals surface area contributed by atoms with E-state index in [0.717, 1.165) is 34.5 Å². The monoisotopic (exact) mass is 376 g/mol. The maximum Gasteiger partial charge on any atom is 0.233 e. The Hall–Kier alpha value is -1.60. The predicted molar refractivity (Wildman–Crippen MR) is 105 cm³/mol. The molecule has 2 aromatic rings. The number of rotatable bonds is 5. The molecule has 0 unspecified atom stereocenters. The third-order valence-corrected chi connectivity index (χ3v) is 6.56. The number of likely N-dealkylation sites (tertiary alicyclic amines) is 1. The molecular weight excluding hydrogens is 352 g/mol. The first kappa shape index (κ1) is 18.2. The molecule has 25 heavy (non-hydrogen) atoms. The van der Waals surface area contributed by atoms with Crippen molar-refractivity contribution in [2.75, 3.05) is 17.6 Å². The van der Waals surface area contributed by atoms with Gasteiger partial charge in [0.15, 0.2) is 4.34 Å². The lowest BCUT2D eigenvalue weighted by Gasteiger charge is -2.33. The van der Waals surface area contributed by atoms with E-state index in [-0.39, 0.29) is 5.91 Å². The van der Waals surface area contributed by atoms with Crippen LogP contribution < -0.4 is 5.32 Å². The minimum Gasteiger partial charge on any atom is -0.339 e. The van der Waals surface area contributed by atoms with E-state index in [1.54, 1.807) is 0 Å². The normalized spacial score (nSPS) is 17.6. The summed E-state index contributed by atoms with van der Waals surface area (Å²) in [6, 6.07) is 6.59. The zero-order valence-electron chi connectivity index (χ0n) is 14.9. The van der Waals surface area contributed by atoms with Crippen LogP contribution in [0.15, 0.2) is 22.5 Å². The Morgan fingerprint density at radius 3 is 2.92 bits per heavy atom. The second-order valence-electron chi connectivity index (χ2n) is 6.52. The summed E-state index contributed by atoms with van der Waals surface area (Å²) in [7, 11) is 0. The number of anilines is 2. The number of aromatic nitrogens is 2. The molecule has 1 saturated heterocycles. The summed E-state index contributed by atoms with van der Waals surface area (Å²) in [6.45, 7) is 7.21. The summed E-state index contributed by atoms with van der Waals surface area (Å²) < 4.78 is 0.823. The summed E-state index contributed by atoms with van der Waals surface area (Å²) >= 11 is 2.96. The first-order valence-electron chi connectivity index (χ1n) is 8.63. The highest BCUT2D eigenvalue weighted by Gasteiger charge is 2.23. The zero-order chi connectivity index (χ0) is 17.8. The van der Waals surface area contributed by atoms with Gasteiger partial charge in [-0.2, -0.15) is 0 Å². The molecule has 1 aromatic carbocycles. The van der Waals surface area contributed by atoms with Gasteiger partial charge in [0, 0.05) is 18.3 Å². The number of amides is 1. The van der Waals surface area contributed by atoms with Gasteiger partial charge in [-0.25, -0.2) is 0 Å². The first-order valence-corrected chi connectivity index (χ1v) is 10.4. The molecule has 0 bridgehead atoms. The van der Waals surface area contributed by atoms with Crippen molar-refractivity contribution in [3.05, 3.63) is 29.3 Å². The topological polar surface area (TPSA) is 58.1 Å². The van der Waals surface area contributed by atoms with Gasteiger partial charge < -0.3 is 10.2 Å². The van der Waals surface area contributed by atoms with Crippen molar-refractivity contribution >= 4 is 39.8 Å². The highest BCUT2D eigenvalue weighted by molar-refractivity contribution is 8.01. The highest BCUT2D eigenvalue weighted by atomic mass is 32.2. The van der Waals surface area contributed by atoms with Crippen molar-refractivity contribution < 1.29 is 4.79 Å². The second kappa shape index (κ2) is 8.19. The molecule has 1 amide bonds. The minimum absolute atomic E-state index is 0.205.